The normalized spacial score (nSPS) is 15.4. The van der Waals surface area contributed by atoms with Crippen LogP contribution in [0.1, 0.15) is 25.2 Å². The Morgan fingerprint density at radius 1 is 1.43 bits per heavy atom. The first-order valence-corrected chi connectivity index (χ1v) is 8.64. The van der Waals surface area contributed by atoms with Crippen LogP contribution in [-0.2, 0) is 11.2 Å². The molecule has 0 bridgehead atoms. The van der Waals surface area contributed by atoms with E-state index in [1.54, 1.807) is 6.20 Å². The van der Waals surface area contributed by atoms with Gasteiger partial charge in [-0.1, -0.05) is 34.1 Å². The molecule has 3 N–H and O–H groups in total. The molecule has 1 atom stereocenters. The van der Waals surface area contributed by atoms with E-state index in [1.165, 1.54) is 12.8 Å². The number of halogens is 1. The third-order valence-electron chi connectivity index (χ3n) is 4.02. The second-order valence-corrected chi connectivity index (χ2v) is 6.76. The highest BCUT2D eigenvalue weighted by molar-refractivity contribution is 9.10. The fraction of sp³-hybridized carbons (Fsp3) is 0.412. The number of hydrogen-bond acceptors (Lipinski definition) is 4. The summed E-state index contributed by atoms with van der Waals surface area (Å²) < 4.78 is 6.68. The second kappa shape index (κ2) is 7.27. The van der Waals surface area contributed by atoms with E-state index in [2.05, 4.69) is 26.2 Å². The number of aromatic nitrogens is 1. The highest BCUT2D eigenvalue weighted by Gasteiger charge is 2.28. The maximum atomic E-state index is 11.9. The first-order chi connectivity index (χ1) is 11.1. The van der Waals surface area contributed by atoms with Crippen LogP contribution in [0.4, 0.5) is 0 Å². The number of aryl methyl sites for hydroxylation is 1. The third-order valence-corrected chi connectivity index (χ3v) is 4.71. The van der Waals surface area contributed by atoms with Crippen molar-refractivity contribution < 1.29 is 9.21 Å². The molecule has 1 saturated carbocycles. The van der Waals surface area contributed by atoms with E-state index in [1.807, 2.05) is 24.3 Å². The molecule has 5 nitrogen and oxygen atoms in total. The summed E-state index contributed by atoms with van der Waals surface area (Å²) >= 11 is 3.49. The number of amides is 1. The summed E-state index contributed by atoms with van der Waals surface area (Å²) in [5.41, 5.74) is 6.92. The number of nitrogens with two attached hydrogens (primary N) is 1. The van der Waals surface area contributed by atoms with Crippen molar-refractivity contribution in [2.75, 3.05) is 6.54 Å². The van der Waals surface area contributed by atoms with Crippen molar-refractivity contribution >= 4 is 21.8 Å². The molecule has 1 aliphatic carbocycles. The van der Waals surface area contributed by atoms with Crippen molar-refractivity contribution in [2.24, 2.45) is 11.7 Å². The van der Waals surface area contributed by atoms with Crippen LogP contribution in [0.25, 0.3) is 11.3 Å². The van der Waals surface area contributed by atoms with Gasteiger partial charge in [-0.25, -0.2) is 4.98 Å². The molecule has 1 fully saturated rings. The Hall–Kier alpha value is -1.66. The Kier molecular flexibility index (Phi) is 5.13. The van der Waals surface area contributed by atoms with Crippen molar-refractivity contribution in [1.29, 1.82) is 0 Å². The molecule has 0 aliphatic heterocycles. The van der Waals surface area contributed by atoms with E-state index in [0.717, 1.165) is 10.0 Å². The average molecular weight is 378 g/mol. The van der Waals surface area contributed by atoms with Crippen molar-refractivity contribution in [2.45, 2.75) is 31.7 Å². The standard InChI is InChI=1S/C17H20BrN3O2/c18-13-4-2-1-3-12(13)15-10-21-17(23-15)8-7-16(22)20-9-14(19)11-5-6-11/h1-4,10-11,14H,5-9,19H2,(H,20,22). The molecule has 0 radical (unpaired) electrons. The predicted octanol–water partition coefficient (Wildman–Crippen LogP) is 2.89. The highest BCUT2D eigenvalue weighted by atomic mass is 79.9. The van der Waals surface area contributed by atoms with Gasteiger partial charge in [0.05, 0.1) is 6.20 Å². The largest absolute Gasteiger partial charge is 0.441 e. The molecular weight excluding hydrogens is 358 g/mol. The van der Waals surface area contributed by atoms with Gasteiger partial charge in [0.2, 0.25) is 5.91 Å². The Morgan fingerprint density at radius 2 is 2.22 bits per heavy atom. The molecule has 1 aromatic heterocycles. The second-order valence-electron chi connectivity index (χ2n) is 5.90. The van der Waals surface area contributed by atoms with Crippen LogP contribution in [0.5, 0.6) is 0 Å². The summed E-state index contributed by atoms with van der Waals surface area (Å²) in [6, 6.07) is 7.89. The molecule has 0 spiro atoms. The van der Waals surface area contributed by atoms with Gasteiger partial charge in [-0.3, -0.25) is 4.79 Å². The van der Waals surface area contributed by atoms with Crippen molar-refractivity contribution in [3.05, 3.63) is 40.8 Å². The van der Waals surface area contributed by atoms with Gasteiger partial charge in [-0.15, -0.1) is 0 Å². The fourth-order valence-corrected chi connectivity index (χ4v) is 2.92. The molecule has 1 unspecified atom stereocenters. The van der Waals surface area contributed by atoms with Crippen molar-refractivity contribution in [3.63, 3.8) is 0 Å². The van der Waals surface area contributed by atoms with E-state index in [0.29, 0.717) is 37.0 Å². The maximum Gasteiger partial charge on any atom is 0.220 e. The first-order valence-electron chi connectivity index (χ1n) is 7.85. The van der Waals surface area contributed by atoms with Crippen LogP contribution in [0.2, 0.25) is 0 Å². The molecule has 1 heterocycles. The lowest BCUT2D eigenvalue weighted by molar-refractivity contribution is -0.121. The van der Waals surface area contributed by atoms with Gasteiger partial charge in [0.1, 0.15) is 0 Å². The molecule has 6 heteroatoms. The Labute approximate surface area is 143 Å². The number of oxazole rings is 1. The number of nitrogens with one attached hydrogen (secondary N) is 1. The smallest absolute Gasteiger partial charge is 0.220 e. The minimum Gasteiger partial charge on any atom is -0.441 e. The van der Waals surface area contributed by atoms with Gasteiger partial charge < -0.3 is 15.5 Å². The van der Waals surface area contributed by atoms with Crippen LogP contribution >= 0.6 is 15.9 Å². The van der Waals surface area contributed by atoms with Crippen molar-refractivity contribution in [3.8, 4) is 11.3 Å². The van der Waals surface area contributed by atoms with E-state index in [9.17, 15) is 4.79 Å². The van der Waals surface area contributed by atoms with Gasteiger partial charge in [0.25, 0.3) is 0 Å². The van der Waals surface area contributed by atoms with Gasteiger partial charge in [-0.2, -0.15) is 0 Å². The number of carbonyl (C=O) groups excluding carboxylic acids is 1. The minimum atomic E-state index is -0.0123. The summed E-state index contributed by atoms with van der Waals surface area (Å²) in [5, 5.41) is 2.88. The minimum absolute atomic E-state index is 0.0123. The van der Waals surface area contributed by atoms with E-state index in [4.69, 9.17) is 10.2 Å². The third kappa shape index (κ3) is 4.42. The zero-order valence-corrected chi connectivity index (χ0v) is 14.4. The SMILES string of the molecule is NC(CNC(=O)CCc1ncc(-c2ccccc2Br)o1)C1CC1. The van der Waals surface area contributed by atoms with Crippen molar-refractivity contribution in [1.82, 2.24) is 10.3 Å². The van der Waals surface area contributed by atoms with Crippen LogP contribution in [0.15, 0.2) is 39.4 Å². The summed E-state index contributed by atoms with van der Waals surface area (Å²) in [6.07, 6.45) is 4.90. The van der Waals surface area contributed by atoms with E-state index in [-0.39, 0.29) is 11.9 Å². The summed E-state index contributed by atoms with van der Waals surface area (Å²) in [6.45, 7) is 0.553. The van der Waals surface area contributed by atoms with Crippen LogP contribution in [0, 0.1) is 5.92 Å². The molecule has 122 valence electrons. The Bertz CT molecular complexity index is 682. The highest BCUT2D eigenvalue weighted by Crippen LogP contribution is 2.31. The zero-order chi connectivity index (χ0) is 16.2. The molecule has 1 aromatic carbocycles. The number of rotatable bonds is 7. The van der Waals surface area contributed by atoms with Gasteiger partial charge in [0.15, 0.2) is 11.7 Å². The monoisotopic (exact) mass is 377 g/mol. The number of nitrogens with zero attached hydrogens (tertiary/aromatic N) is 1. The lowest BCUT2D eigenvalue weighted by Gasteiger charge is -2.10. The summed E-state index contributed by atoms with van der Waals surface area (Å²) in [5.74, 6) is 1.84. The van der Waals surface area contributed by atoms with Crippen LogP contribution in [0.3, 0.4) is 0 Å². The average Bonchev–Trinajstić information content (AvgIpc) is 3.30. The fourth-order valence-electron chi connectivity index (χ4n) is 2.44. The van der Waals surface area contributed by atoms with E-state index < -0.39 is 0 Å². The molecule has 0 saturated heterocycles. The molecular formula is C17H20BrN3O2. The maximum absolute atomic E-state index is 11.9. The predicted molar refractivity (Wildman–Crippen MR) is 91.7 cm³/mol. The quantitative estimate of drug-likeness (QED) is 0.776. The number of benzene rings is 1. The first kappa shape index (κ1) is 16.2. The van der Waals surface area contributed by atoms with E-state index >= 15 is 0 Å². The Balaban J connectivity index is 1.49. The van der Waals surface area contributed by atoms with Crippen LogP contribution < -0.4 is 11.1 Å². The number of hydrogen-bond donors (Lipinski definition) is 2. The molecule has 23 heavy (non-hydrogen) atoms. The molecule has 1 amide bonds. The Morgan fingerprint density at radius 3 is 2.96 bits per heavy atom. The van der Waals surface area contributed by atoms with Gasteiger partial charge >= 0.3 is 0 Å². The molecule has 1 aliphatic rings. The topological polar surface area (TPSA) is 81.1 Å². The summed E-state index contributed by atoms with van der Waals surface area (Å²) in [4.78, 5) is 16.1. The van der Waals surface area contributed by atoms with Crippen LogP contribution in [-0.4, -0.2) is 23.5 Å². The number of carbonyl (C=O) groups is 1. The lowest BCUT2D eigenvalue weighted by atomic mass is 10.2. The lowest BCUT2D eigenvalue weighted by Crippen LogP contribution is -2.38. The molecule has 3 rings (SSSR count). The molecule has 2 aromatic rings. The van der Waals surface area contributed by atoms with Gasteiger partial charge in [0, 0.05) is 35.5 Å². The zero-order valence-electron chi connectivity index (χ0n) is 12.8. The summed E-state index contributed by atoms with van der Waals surface area (Å²) in [7, 11) is 0. The van der Waals surface area contributed by atoms with Gasteiger partial charge in [-0.05, 0) is 24.8 Å².